The molecule has 0 bridgehead atoms. The Morgan fingerprint density at radius 1 is 1.20 bits per heavy atom. The monoisotopic (exact) mass is 285 g/mol. The number of carbonyl (C=O) groups excluding carboxylic acids is 2. The normalized spacial score (nSPS) is 9.25. The van der Waals surface area contributed by atoms with E-state index < -0.39 is 0 Å². The molecule has 0 aromatic heterocycles. The molecule has 0 radical (unpaired) electrons. The molecular formula is C15H27NO4. The minimum Gasteiger partial charge on any atom is -0.462 e. The highest BCUT2D eigenvalue weighted by atomic mass is 16.5. The summed E-state index contributed by atoms with van der Waals surface area (Å²) >= 11 is 0. The standard InChI is InChI=1S/C8H14O2.C7H13NO2/c1-4-5-6-10-8(9)7(2)3;1-4-7(9)10-6-5-8(2)3/h2,4-6H2,1,3H3;4H,1,5-6H2,2-3H3. The van der Waals surface area contributed by atoms with Crippen molar-refractivity contribution in [2.75, 3.05) is 33.9 Å². The van der Waals surface area contributed by atoms with Gasteiger partial charge < -0.3 is 14.4 Å². The molecule has 0 aromatic carbocycles. The van der Waals surface area contributed by atoms with Crippen LogP contribution in [0, 0.1) is 0 Å². The molecule has 20 heavy (non-hydrogen) atoms. The third-order valence-electron chi connectivity index (χ3n) is 2.03. The van der Waals surface area contributed by atoms with Gasteiger partial charge in [-0.05, 0) is 27.4 Å². The summed E-state index contributed by atoms with van der Waals surface area (Å²) < 4.78 is 9.51. The van der Waals surface area contributed by atoms with Gasteiger partial charge in [-0.3, -0.25) is 0 Å². The fourth-order valence-corrected chi connectivity index (χ4v) is 0.820. The van der Waals surface area contributed by atoms with E-state index in [1.807, 2.05) is 19.0 Å². The first-order valence-corrected chi connectivity index (χ1v) is 6.61. The lowest BCUT2D eigenvalue weighted by molar-refractivity contribution is -0.139. The Balaban J connectivity index is 0. The predicted octanol–water partition coefficient (Wildman–Crippen LogP) is 2.18. The van der Waals surface area contributed by atoms with Gasteiger partial charge in [0, 0.05) is 18.2 Å². The molecule has 0 aliphatic rings. The molecule has 5 heteroatoms. The van der Waals surface area contributed by atoms with Crippen LogP contribution in [-0.4, -0.2) is 50.7 Å². The number of ether oxygens (including phenoxy) is 2. The fraction of sp³-hybridized carbons (Fsp3) is 0.600. The number of hydrogen-bond donors (Lipinski definition) is 0. The van der Waals surface area contributed by atoms with Crippen LogP contribution < -0.4 is 0 Å². The van der Waals surface area contributed by atoms with Crippen molar-refractivity contribution in [1.82, 2.24) is 4.90 Å². The van der Waals surface area contributed by atoms with Gasteiger partial charge in [-0.25, -0.2) is 9.59 Å². The van der Waals surface area contributed by atoms with Gasteiger partial charge in [0.2, 0.25) is 0 Å². The van der Waals surface area contributed by atoms with Crippen LogP contribution in [0.1, 0.15) is 26.7 Å². The van der Waals surface area contributed by atoms with Gasteiger partial charge in [0.1, 0.15) is 6.61 Å². The van der Waals surface area contributed by atoms with E-state index in [9.17, 15) is 9.59 Å². The third kappa shape index (κ3) is 16.4. The molecule has 5 nitrogen and oxygen atoms in total. The minimum atomic E-state index is -0.359. The molecule has 0 rings (SSSR count). The summed E-state index contributed by atoms with van der Waals surface area (Å²) in [4.78, 5) is 23.1. The van der Waals surface area contributed by atoms with Crippen molar-refractivity contribution in [3.05, 3.63) is 24.8 Å². The van der Waals surface area contributed by atoms with E-state index in [2.05, 4.69) is 20.1 Å². The summed E-state index contributed by atoms with van der Waals surface area (Å²) in [6.07, 6.45) is 3.14. The third-order valence-corrected chi connectivity index (χ3v) is 2.03. The molecular weight excluding hydrogens is 258 g/mol. The summed E-state index contributed by atoms with van der Waals surface area (Å²) in [7, 11) is 3.84. The van der Waals surface area contributed by atoms with Crippen LogP contribution in [0.3, 0.4) is 0 Å². The molecule has 0 atom stereocenters. The first-order chi connectivity index (χ1) is 9.34. The molecule has 0 aromatic rings. The molecule has 116 valence electrons. The molecule has 0 saturated heterocycles. The highest BCUT2D eigenvalue weighted by molar-refractivity contribution is 5.86. The Morgan fingerprint density at radius 2 is 1.80 bits per heavy atom. The van der Waals surface area contributed by atoms with Crippen molar-refractivity contribution in [3.63, 3.8) is 0 Å². The van der Waals surface area contributed by atoms with E-state index >= 15 is 0 Å². The average Bonchev–Trinajstić information content (AvgIpc) is 2.38. The molecule has 0 aliphatic heterocycles. The highest BCUT2D eigenvalue weighted by Gasteiger charge is 2.00. The van der Waals surface area contributed by atoms with Crippen LogP contribution in [0.25, 0.3) is 0 Å². The zero-order chi connectivity index (χ0) is 16.0. The SMILES string of the molecule is C=C(C)C(=O)OCCCC.C=CC(=O)OCCN(C)C. The lowest BCUT2D eigenvalue weighted by Crippen LogP contribution is -2.19. The molecule has 0 spiro atoms. The minimum absolute atomic E-state index is 0.284. The van der Waals surface area contributed by atoms with Crippen molar-refractivity contribution >= 4 is 11.9 Å². The Kier molecular flexibility index (Phi) is 14.3. The summed E-state index contributed by atoms with van der Waals surface area (Å²) in [5.74, 6) is -0.643. The maximum Gasteiger partial charge on any atom is 0.333 e. The van der Waals surface area contributed by atoms with Crippen molar-refractivity contribution in [3.8, 4) is 0 Å². The first kappa shape index (κ1) is 20.7. The number of rotatable bonds is 8. The maximum atomic E-state index is 10.7. The van der Waals surface area contributed by atoms with Gasteiger partial charge in [-0.1, -0.05) is 26.5 Å². The van der Waals surface area contributed by atoms with Crippen molar-refractivity contribution < 1.29 is 19.1 Å². The van der Waals surface area contributed by atoms with Crippen LogP contribution >= 0.6 is 0 Å². The molecule has 0 amide bonds. The molecule has 0 unspecified atom stereocenters. The van der Waals surface area contributed by atoms with Crippen LogP contribution in [0.4, 0.5) is 0 Å². The summed E-state index contributed by atoms with van der Waals surface area (Å²) in [6.45, 7) is 12.1. The lowest BCUT2D eigenvalue weighted by Gasteiger charge is -2.07. The second kappa shape index (κ2) is 13.8. The molecule has 0 fully saturated rings. The lowest BCUT2D eigenvalue weighted by atomic mass is 10.3. The first-order valence-electron chi connectivity index (χ1n) is 6.61. The van der Waals surface area contributed by atoms with Crippen LogP contribution in [0.5, 0.6) is 0 Å². The van der Waals surface area contributed by atoms with Gasteiger partial charge >= 0.3 is 11.9 Å². The van der Waals surface area contributed by atoms with Gasteiger partial charge in [-0.2, -0.15) is 0 Å². The quantitative estimate of drug-likeness (QED) is 0.389. The Morgan fingerprint density at radius 3 is 2.20 bits per heavy atom. The van der Waals surface area contributed by atoms with Crippen LogP contribution in [0.15, 0.2) is 24.8 Å². The largest absolute Gasteiger partial charge is 0.462 e. The second-order valence-electron chi connectivity index (χ2n) is 4.44. The van der Waals surface area contributed by atoms with Crippen molar-refractivity contribution in [1.29, 1.82) is 0 Å². The van der Waals surface area contributed by atoms with Gasteiger partial charge in [0.25, 0.3) is 0 Å². The van der Waals surface area contributed by atoms with Crippen molar-refractivity contribution in [2.45, 2.75) is 26.7 Å². The number of nitrogens with zero attached hydrogens (tertiary/aromatic N) is 1. The second-order valence-corrected chi connectivity index (χ2v) is 4.44. The van der Waals surface area contributed by atoms with Gasteiger partial charge in [0.15, 0.2) is 0 Å². The summed E-state index contributed by atoms with van der Waals surface area (Å²) in [6, 6.07) is 0. The maximum absolute atomic E-state index is 10.7. The Bertz CT molecular complexity index is 311. The van der Waals surface area contributed by atoms with E-state index in [0.29, 0.717) is 18.8 Å². The zero-order valence-corrected chi connectivity index (χ0v) is 13.1. The Hall–Kier alpha value is -1.62. The number of carbonyl (C=O) groups is 2. The van der Waals surface area contributed by atoms with E-state index in [1.54, 1.807) is 6.92 Å². The number of likely N-dealkylation sites (N-methyl/N-ethyl adjacent to an activating group) is 1. The van der Waals surface area contributed by atoms with Crippen LogP contribution in [-0.2, 0) is 19.1 Å². The van der Waals surface area contributed by atoms with Gasteiger partial charge in [-0.15, -0.1) is 0 Å². The van der Waals surface area contributed by atoms with E-state index in [1.165, 1.54) is 0 Å². The topological polar surface area (TPSA) is 55.8 Å². The summed E-state index contributed by atoms with van der Waals surface area (Å²) in [5, 5.41) is 0. The predicted molar refractivity (Wildman–Crippen MR) is 80.4 cm³/mol. The smallest absolute Gasteiger partial charge is 0.333 e. The number of unbranched alkanes of at least 4 members (excludes halogenated alkanes) is 1. The van der Waals surface area contributed by atoms with Crippen molar-refractivity contribution in [2.24, 2.45) is 0 Å². The zero-order valence-electron chi connectivity index (χ0n) is 13.1. The number of esters is 2. The number of hydrogen-bond acceptors (Lipinski definition) is 5. The molecule has 0 saturated carbocycles. The average molecular weight is 285 g/mol. The van der Waals surface area contributed by atoms with Gasteiger partial charge in [0.05, 0.1) is 6.61 Å². The highest BCUT2D eigenvalue weighted by Crippen LogP contribution is 1.94. The molecule has 0 heterocycles. The molecule has 0 N–H and O–H groups in total. The van der Waals surface area contributed by atoms with E-state index in [-0.39, 0.29) is 11.9 Å². The van der Waals surface area contributed by atoms with E-state index in [4.69, 9.17) is 9.47 Å². The Labute approximate surface area is 122 Å². The fourth-order valence-electron chi connectivity index (χ4n) is 0.820. The van der Waals surface area contributed by atoms with Crippen LogP contribution in [0.2, 0.25) is 0 Å². The van der Waals surface area contributed by atoms with E-state index in [0.717, 1.165) is 25.5 Å². The molecule has 0 aliphatic carbocycles. The summed E-state index contributed by atoms with van der Waals surface area (Å²) in [5.41, 5.74) is 0.469.